The maximum Gasteiger partial charge on any atom is 0.326 e. The van der Waals surface area contributed by atoms with E-state index in [1.165, 1.54) is 7.11 Å². The second-order valence-electron chi connectivity index (χ2n) is 2.68. The van der Waals surface area contributed by atoms with Crippen molar-refractivity contribution in [2.24, 2.45) is 0 Å². The van der Waals surface area contributed by atoms with Crippen LogP contribution in [0.5, 0.6) is 0 Å². The molecule has 2 amide bonds. The van der Waals surface area contributed by atoms with Crippen LogP contribution < -0.4 is 10.6 Å². The van der Waals surface area contributed by atoms with Crippen molar-refractivity contribution in [2.45, 2.75) is 19.4 Å². The fourth-order valence-corrected chi connectivity index (χ4v) is 0.863. The number of hydrogen-bond acceptors (Lipinski definition) is 3. The molecule has 6 heteroatoms. The summed E-state index contributed by atoms with van der Waals surface area (Å²) in [5.74, 6) is -1.06. The van der Waals surface area contributed by atoms with Crippen molar-refractivity contribution >= 4 is 12.0 Å². The van der Waals surface area contributed by atoms with Gasteiger partial charge in [-0.15, -0.1) is 0 Å². The third-order valence-corrected chi connectivity index (χ3v) is 1.55. The summed E-state index contributed by atoms with van der Waals surface area (Å²) in [6, 6.07) is -1.38. The van der Waals surface area contributed by atoms with Gasteiger partial charge in [0.05, 0.1) is 0 Å². The molecule has 3 N–H and O–H groups in total. The third-order valence-electron chi connectivity index (χ3n) is 1.55. The Morgan fingerprint density at radius 3 is 2.57 bits per heavy atom. The average molecular weight is 204 g/mol. The third kappa shape index (κ3) is 5.36. The molecule has 1 unspecified atom stereocenters. The summed E-state index contributed by atoms with van der Waals surface area (Å²) in [5, 5.41) is 13.5. The van der Waals surface area contributed by atoms with Crippen LogP contribution in [0.2, 0.25) is 0 Å². The van der Waals surface area contributed by atoms with Gasteiger partial charge >= 0.3 is 12.0 Å². The zero-order valence-corrected chi connectivity index (χ0v) is 8.37. The number of nitrogens with one attached hydrogen (secondary N) is 2. The lowest BCUT2D eigenvalue weighted by Gasteiger charge is -2.13. The molecule has 6 nitrogen and oxygen atoms in total. The predicted octanol–water partition coefficient (Wildman–Crippen LogP) is -0.205. The SMILES string of the molecule is CCNC(=O)NC(CCOC)C(=O)O. The number of carboxylic acid groups (broad SMARTS) is 1. The average Bonchev–Trinajstić information content (AvgIpc) is 2.12. The number of urea groups is 1. The van der Waals surface area contributed by atoms with Gasteiger partial charge in [0, 0.05) is 26.7 Å². The van der Waals surface area contributed by atoms with Crippen LogP contribution in [0.3, 0.4) is 0 Å². The number of aliphatic carboxylic acids is 1. The van der Waals surface area contributed by atoms with Crippen molar-refractivity contribution in [1.29, 1.82) is 0 Å². The highest BCUT2D eigenvalue weighted by Gasteiger charge is 2.18. The molecule has 0 heterocycles. The van der Waals surface area contributed by atoms with Gasteiger partial charge in [-0.2, -0.15) is 0 Å². The summed E-state index contributed by atoms with van der Waals surface area (Å²) in [6.07, 6.45) is 0.253. The Morgan fingerprint density at radius 2 is 2.14 bits per heavy atom. The lowest BCUT2D eigenvalue weighted by Crippen LogP contribution is -2.46. The maximum atomic E-state index is 11.0. The van der Waals surface area contributed by atoms with Crippen molar-refractivity contribution in [3.63, 3.8) is 0 Å². The van der Waals surface area contributed by atoms with Gasteiger partial charge in [0.15, 0.2) is 0 Å². The normalized spacial score (nSPS) is 11.9. The summed E-state index contributed by atoms with van der Waals surface area (Å²) < 4.78 is 4.73. The highest BCUT2D eigenvalue weighted by atomic mass is 16.5. The van der Waals surface area contributed by atoms with Crippen LogP contribution in [-0.4, -0.2) is 43.4 Å². The quantitative estimate of drug-likeness (QED) is 0.559. The van der Waals surface area contributed by atoms with Crippen molar-refractivity contribution in [3.05, 3.63) is 0 Å². The Bertz CT molecular complexity index is 196. The summed E-state index contributed by atoms with van der Waals surface area (Å²) in [4.78, 5) is 21.6. The molecule has 0 radical (unpaired) electrons. The first kappa shape index (κ1) is 12.7. The fraction of sp³-hybridized carbons (Fsp3) is 0.750. The van der Waals surface area contributed by atoms with E-state index in [9.17, 15) is 9.59 Å². The van der Waals surface area contributed by atoms with Gasteiger partial charge in [0.2, 0.25) is 0 Å². The van der Waals surface area contributed by atoms with Crippen LogP contribution in [0.1, 0.15) is 13.3 Å². The summed E-state index contributed by atoms with van der Waals surface area (Å²) in [6.45, 7) is 2.51. The number of methoxy groups -OCH3 is 1. The lowest BCUT2D eigenvalue weighted by molar-refractivity contribution is -0.139. The van der Waals surface area contributed by atoms with Crippen molar-refractivity contribution in [1.82, 2.24) is 10.6 Å². The van der Waals surface area contributed by atoms with Gasteiger partial charge < -0.3 is 20.5 Å². The summed E-state index contributed by atoms with van der Waals surface area (Å²) in [7, 11) is 1.48. The molecule has 82 valence electrons. The first-order valence-corrected chi connectivity index (χ1v) is 4.38. The molecule has 0 rings (SSSR count). The molecule has 0 saturated heterocycles. The minimum Gasteiger partial charge on any atom is -0.480 e. The predicted molar refractivity (Wildman–Crippen MR) is 50.1 cm³/mol. The standard InChI is InChI=1S/C8H16N2O4/c1-3-9-8(13)10-6(7(11)12)4-5-14-2/h6H,3-5H2,1-2H3,(H,11,12)(H2,9,10,13). The van der Waals surface area contributed by atoms with E-state index >= 15 is 0 Å². The maximum absolute atomic E-state index is 11.0. The Morgan fingerprint density at radius 1 is 1.50 bits per heavy atom. The van der Waals surface area contributed by atoms with E-state index in [2.05, 4.69) is 10.6 Å². The molecule has 0 aromatic heterocycles. The summed E-state index contributed by atoms with van der Waals surface area (Å²) >= 11 is 0. The molecule has 0 aliphatic heterocycles. The minimum absolute atomic E-state index is 0.253. The second-order valence-corrected chi connectivity index (χ2v) is 2.68. The molecule has 0 aromatic rings. The van der Waals surface area contributed by atoms with Crippen molar-refractivity contribution in [3.8, 4) is 0 Å². The Hall–Kier alpha value is -1.30. The van der Waals surface area contributed by atoms with E-state index < -0.39 is 18.0 Å². The molecule has 0 aliphatic rings. The van der Waals surface area contributed by atoms with Crippen LogP contribution in [0.15, 0.2) is 0 Å². The molecule has 0 fully saturated rings. The van der Waals surface area contributed by atoms with E-state index in [4.69, 9.17) is 9.84 Å². The smallest absolute Gasteiger partial charge is 0.326 e. The van der Waals surface area contributed by atoms with Gasteiger partial charge in [-0.1, -0.05) is 0 Å². The number of rotatable bonds is 6. The molecule has 14 heavy (non-hydrogen) atoms. The second kappa shape index (κ2) is 7.14. The number of carbonyl (C=O) groups excluding carboxylic acids is 1. The van der Waals surface area contributed by atoms with E-state index in [-0.39, 0.29) is 6.42 Å². The molecule has 0 bridgehead atoms. The largest absolute Gasteiger partial charge is 0.480 e. The van der Waals surface area contributed by atoms with Gasteiger partial charge in [-0.3, -0.25) is 0 Å². The Labute approximate surface area is 82.6 Å². The fourth-order valence-electron chi connectivity index (χ4n) is 0.863. The monoisotopic (exact) mass is 204 g/mol. The van der Waals surface area contributed by atoms with Gasteiger partial charge in [-0.25, -0.2) is 9.59 Å². The molecule has 0 aromatic carbocycles. The molecular formula is C8H16N2O4. The first-order valence-electron chi connectivity index (χ1n) is 4.38. The zero-order valence-electron chi connectivity index (χ0n) is 8.37. The number of hydrogen-bond donors (Lipinski definition) is 3. The molecule has 0 spiro atoms. The highest BCUT2D eigenvalue weighted by Crippen LogP contribution is 1.92. The first-order chi connectivity index (χ1) is 6.61. The lowest BCUT2D eigenvalue weighted by atomic mass is 10.2. The zero-order chi connectivity index (χ0) is 11.0. The minimum atomic E-state index is -1.06. The topological polar surface area (TPSA) is 87.7 Å². The Kier molecular flexibility index (Phi) is 6.47. The van der Waals surface area contributed by atoms with Crippen LogP contribution in [-0.2, 0) is 9.53 Å². The van der Waals surface area contributed by atoms with Crippen molar-refractivity contribution in [2.75, 3.05) is 20.3 Å². The van der Waals surface area contributed by atoms with Crippen LogP contribution in [0.25, 0.3) is 0 Å². The van der Waals surface area contributed by atoms with E-state index in [0.29, 0.717) is 13.2 Å². The highest BCUT2D eigenvalue weighted by molar-refractivity contribution is 5.82. The summed E-state index contributed by atoms with van der Waals surface area (Å²) in [5.41, 5.74) is 0. The molecule has 0 saturated carbocycles. The van der Waals surface area contributed by atoms with Crippen LogP contribution >= 0.6 is 0 Å². The van der Waals surface area contributed by atoms with Gasteiger partial charge in [0.25, 0.3) is 0 Å². The van der Waals surface area contributed by atoms with Gasteiger partial charge in [-0.05, 0) is 6.92 Å². The van der Waals surface area contributed by atoms with Crippen LogP contribution in [0, 0.1) is 0 Å². The molecule has 0 aliphatic carbocycles. The van der Waals surface area contributed by atoms with Crippen molar-refractivity contribution < 1.29 is 19.4 Å². The van der Waals surface area contributed by atoms with E-state index in [1.54, 1.807) is 6.92 Å². The number of ether oxygens (including phenoxy) is 1. The number of amides is 2. The molecular weight excluding hydrogens is 188 g/mol. The van der Waals surface area contributed by atoms with E-state index in [1.807, 2.05) is 0 Å². The molecule has 1 atom stereocenters. The van der Waals surface area contributed by atoms with Gasteiger partial charge in [0.1, 0.15) is 6.04 Å². The number of carbonyl (C=O) groups is 2. The Balaban J connectivity index is 3.95. The number of carboxylic acids is 1. The van der Waals surface area contributed by atoms with Crippen LogP contribution in [0.4, 0.5) is 4.79 Å². The van der Waals surface area contributed by atoms with E-state index in [0.717, 1.165) is 0 Å².